The molecule has 1 spiro atoms. The number of esters is 1. The molecule has 2 saturated heterocycles. The van der Waals surface area contributed by atoms with Crippen LogP contribution in [0.15, 0.2) is 70.6 Å². The minimum absolute atomic E-state index is 0.0366. The molecule has 13 heteroatoms. The first-order valence-electron chi connectivity index (χ1n) is 27.7. The maximum atomic E-state index is 14.3. The van der Waals surface area contributed by atoms with Crippen molar-refractivity contribution < 1.29 is 28.7 Å². The number of alkyl carbamates (subject to hydrolysis) is 1. The zero-order valence-electron chi connectivity index (χ0n) is 42.9. The summed E-state index contributed by atoms with van der Waals surface area (Å²) in [5.74, 6) is 0.0534. The monoisotopic (exact) mass is 989 g/mol. The number of amides is 3. The molecule has 0 bridgehead atoms. The van der Waals surface area contributed by atoms with E-state index in [1.807, 2.05) is 23.2 Å². The van der Waals surface area contributed by atoms with Gasteiger partial charge in [0.2, 0.25) is 11.8 Å². The van der Waals surface area contributed by atoms with Crippen molar-refractivity contribution in [2.45, 2.75) is 159 Å². The highest BCUT2D eigenvalue weighted by Gasteiger charge is 2.44. The molecule has 5 fully saturated rings. The zero-order chi connectivity index (χ0) is 50.2. The Hall–Kier alpha value is -6.11. The second-order valence-corrected chi connectivity index (χ2v) is 22.6. The Morgan fingerprint density at radius 1 is 0.699 bits per heavy atom. The van der Waals surface area contributed by atoms with Gasteiger partial charge in [-0.3, -0.25) is 24.2 Å². The molecule has 4 aromatic rings. The summed E-state index contributed by atoms with van der Waals surface area (Å²) in [7, 11) is 2.73. The van der Waals surface area contributed by atoms with E-state index in [0.717, 1.165) is 112 Å². The number of allylic oxidation sites excluding steroid dienone is 1. The number of nitrogens with zero attached hydrogens (tertiary/aromatic N) is 4. The van der Waals surface area contributed by atoms with Crippen LogP contribution in [0.5, 0.6) is 0 Å². The minimum Gasteiger partial charge on any atom is -0.469 e. The molecule has 2 N–H and O–H groups in total. The third-order valence-corrected chi connectivity index (χ3v) is 18.3. The summed E-state index contributed by atoms with van der Waals surface area (Å²) in [6, 6.07) is 18.4. The molecule has 3 aromatic carbocycles. The van der Waals surface area contributed by atoms with Crippen LogP contribution < -0.4 is 10.9 Å². The van der Waals surface area contributed by atoms with Gasteiger partial charge < -0.3 is 29.6 Å². The SMILES string of the molecule is COC(=O)C[C@H](C(=O)N1CCC[C@H]1C1=NC=C(c2ccc(-c3ccc(-c4ccc5nc([C@@H]6CCCN6C(=O)[C@@H](NC(=O)OC)C6CCCCC6)[nH]c(=O)c5c4)c4c3CC3(CCCC3)C4)cc2)C1)C1CCCCC1. The van der Waals surface area contributed by atoms with Crippen LogP contribution in [0.2, 0.25) is 0 Å². The van der Waals surface area contributed by atoms with Gasteiger partial charge in [-0.05, 0) is 151 Å². The third-order valence-electron chi connectivity index (χ3n) is 18.3. The average molecular weight is 989 g/mol. The molecular formula is C60H72N6O7. The number of rotatable bonds is 12. The van der Waals surface area contributed by atoms with Gasteiger partial charge in [0.15, 0.2) is 0 Å². The Balaban J connectivity index is 0.816. The van der Waals surface area contributed by atoms with Crippen LogP contribution in [0.3, 0.4) is 0 Å². The van der Waals surface area contributed by atoms with Gasteiger partial charge in [-0.25, -0.2) is 9.78 Å². The Bertz CT molecular complexity index is 2890. The molecule has 3 saturated carbocycles. The summed E-state index contributed by atoms with van der Waals surface area (Å²) >= 11 is 0. The van der Waals surface area contributed by atoms with Crippen molar-refractivity contribution in [2.24, 2.45) is 28.2 Å². The lowest BCUT2D eigenvalue weighted by atomic mass is 9.77. The summed E-state index contributed by atoms with van der Waals surface area (Å²) in [5.41, 5.74) is 11.4. The van der Waals surface area contributed by atoms with Crippen molar-refractivity contribution in [3.63, 3.8) is 0 Å². The number of H-pyrrole nitrogens is 1. The van der Waals surface area contributed by atoms with E-state index in [1.165, 1.54) is 74.1 Å². The van der Waals surface area contributed by atoms with Crippen LogP contribution in [0, 0.1) is 23.2 Å². The van der Waals surface area contributed by atoms with Crippen molar-refractivity contribution >= 4 is 46.1 Å². The van der Waals surface area contributed by atoms with E-state index in [9.17, 15) is 24.0 Å². The lowest BCUT2D eigenvalue weighted by Gasteiger charge is -2.34. The highest BCUT2D eigenvalue weighted by Crippen LogP contribution is 2.53. The second-order valence-electron chi connectivity index (χ2n) is 22.6. The van der Waals surface area contributed by atoms with Crippen molar-refractivity contribution in [1.82, 2.24) is 25.1 Å². The number of nitrogens with one attached hydrogen (secondary N) is 2. The lowest BCUT2D eigenvalue weighted by molar-refractivity contribution is -0.148. The molecule has 0 radical (unpaired) electrons. The summed E-state index contributed by atoms with van der Waals surface area (Å²) in [6.45, 7) is 1.23. The van der Waals surface area contributed by atoms with E-state index in [2.05, 4.69) is 52.8 Å². The van der Waals surface area contributed by atoms with Gasteiger partial charge in [0.1, 0.15) is 11.9 Å². The Morgan fingerprint density at radius 3 is 1.99 bits per heavy atom. The normalized spacial score (nSPS) is 22.8. The fourth-order valence-corrected chi connectivity index (χ4v) is 14.5. The van der Waals surface area contributed by atoms with Crippen molar-refractivity contribution in [3.05, 3.63) is 93.7 Å². The fourth-order valence-electron chi connectivity index (χ4n) is 14.5. The summed E-state index contributed by atoms with van der Waals surface area (Å²) in [5, 5.41) is 3.39. The molecule has 1 aromatic heterocycles. The predicted molar refractivity (Wildman–Crippen MR) is 283 cm³/mol. The number of hydrogen-bond acceptors (Lipinski definition) is 9. The van der Waals surface area contributed by atoms with E-state index in [0.29, 0.717) is 42.7 Å². The average Bonchev–Trinajstić information content (AvgIpc) is 4.31. The third kappa shape index (κ3) is 9.77. The molecule has 3 amide bonds. The summed E-state index contributed by atoms with van der Waals surface area (Å²) < 4.78 is 10.0. The number of carbonyl (C=O) groups is 4. The standard InChI is InChI=1S/C60H72N6O7/c1-72-53(67)33-45(38-13-5-3-6-14-38)57(69)65-29-11-17-51(65)50-32-42(36-61-50)37-19-21-39(22-20-37)43-24-25-44(48-35-60(34-47(43)48)27-9-10-28-60)41-23-26-49-46(31-41)56(68)64-55(62-49)52-18-12-30-66(52)58(70)54(63-59(71)73-2)40-15-7-4-8-16-40/h19-26,31,36,38,40,45,51-52,54H,3-18,27-30,32-35H2,1-2H3,(H,63,71)(H,62,64,68)/t45-,51-,52-,54-/m0/s1. The first-order valence-corrected chi connectivity index (χ1v) is 27.7. The van der Waals surface area contributed by atoms with E-state index >= 15 is 0 Å². The van der Waals surface area contributed by atoms with E-state index in [-0.39, 0.29) is 59.0 Å². The van der Waals surface area contributed by atoms with Crippen molar-refractivity contribution in [3.8, 4) is 22.3 Å². The molecule has 4 atom stereocenters. The number of ether oxygens (including phenoxy) is 2. The second kappa shape index (κ2) is 21.0. The van der Waals surface area contributed by atoms with Crippen LogP contribution in [0.4, 0.5) is 4.79 Å². The fraction of sp³-hybridized carbons (Fsp3) is 0.550. The maximum absolute atomic E-state index is 14.3. The number of carbonyl (C=O) groups excluding carboxylic acids is 4. The predicted octanol–water partition coefficient (Wildman–Crippen LogP) is 10.8. The molecule has 0 unspecified atom stereocenters. The number of aromatic amines is 1. The smallest absolute Gasteiger partial charge is 0.407 e. The van der Waals surface area contributed by atoms with Crippen LogP contribution in [-0.4, -0.2) is 88.7 Å². The highest BCUT2D eigenvalue weighted by molar-refractivity contribution is 6.03. The van der Waals surface area contributed by atoms with Gasteiger partial charge in [0.25, 0.3) is 5.56 Å². The molecule has 384 valence electrons. The summed E-state index contributed by atoms with van der Waals surface area (Å²) in [4.78, 5) is 84.6. The number of aromatic nitrogens is 2. The first kappa shape index (κ1) is 49.1. The lowest BCUT2D eigenvalue weighted by Crippen LogP contribution is -2.52. The maximum Gasteiger partial charge on any atom is 0.407 e. The van der Waals surface area contributed by atoms with Crippen LogP contribution in [-0.2, 0) is 36.7 Å². The van der Waals surface area contributed by atoms with Gasteiger partial charge >= 0.3 is 12.1 Å². The number of likely N-dealkylation sites (tertiary alicyclic amines) is 2. The van der Waals surface area contributed by atoms with Gasteiger partial charge in [-0.2, -0.15) is 0 Å². The van der Waals surface area contributed by atoms with Gasteiger partial charge in [0.05, 0.1) is 49.5 Å². The molecule has 4 aliphatic carbocycles. The molecule has 11 rings (SSSR count). The summed E-state index contributed by atoms with van der Waals surface area (Å²) in [6.07, 6.45) is 22.8. The van der Waals surface area contributed by atoms with Gasteiger partial charge in [-0.1, -0.05) is 93.8 Å². The first-order chi connectivity index (χ1) is 35.6. The van der Waals surface area contributed by atoms with E-state index in [4.69, 9.17) is 19.5 Å². The zero-order valence-corrected chi connectivity index (χ0v) is 42.9. The quantitative estimate of drug-likeness (QED) is 0.133. The molecule has 73 heavy (non-hydrogen) atoms. The number of hydrogen-bond donors (Lipinski definition) is 2. The van der Waals surface area contributed by atoms with E-state index < -0.39 is 18.2 Å². The molecule has 7 aliphatic rings. The van der Waals surface area contributed by atoms with Gasteiger partial charge in [-0.15, -0.1) is 0 Å². The number of benzene rings is 3. The Morgan fingerprint density at radius 2 is 1.32 bits per heavy atom. The van der Waals surface area contributed by atoms with Crippen LogP contribution >= 0.6 is 0 Å². The van der Waals surface area contributed by atoms with Crippen molar-refractivity contribution in [2.75, 3.05) is 27.3 Å². The number of aliphatic imine (C=N–C) groups is 1. The Kier molecular flexibility index (Phi) is 14.1. The molecule has 3 aliphatic heterocycles. The van der Waals surface area contributed by atoms with Crippen LogP contribution in [0.25, 0.3) is 38.7 Å². The molecule has 4 heterocycles. The number of methoxy groups -OCH3 is 2. The van der Waals surface area contributed by atoms with Crippen molar-refractivity contribution in [1.29, 1.82) is 0 Å². The largest absolute Gasteiger partial charge is 0.469 e. The topological polar surface area (TPSA) is 163 Å². The molecule has 13 nitrogen and oxygen atoms in total. The van der Waals surface area contributed by atoms with E-state index in [1.54, 1.807) is 4.90 Å². The van der Waals surface area contributed by atoms with Gasteiger partial charge in [0, 0.05) is 31.4 Å². The minimum atomic E-state index is -0.682. The number of fused-ring (bicyclic) bond motifs is 2. The highest BCUT2D eigenvalue weighted by atomic mass is 16.5. The molecular weight excluding hydrogens is 917 g/mol. The van der Waals surface area contributed by atoms with Crippen LogP contribution in [0.1, 0.15) is 157 Å². The Labute approximate surface area is 429 Å².